The number of benzene rings is 2. The maximum atomic E-state index is 13.0. The molecule has 0 aliphatic carbocycles. The van der Waals surface area contributed by atoms with Gasteiger partial charge in [-0.05, 0) is 29.7 Å². The Morgan fingerprint density at radius 3 is 2.22 bits per heavy atom. The molecule has 146 valence electrons. The summed E-state index contributed by atoms with van der Waals surface area (Å²) in [6.07, 6.45) is 0. The predicted octanol–water partition coefficient (Wildman–Crippen LogP) is 4.38. The maximum Gasteiger partial charge on any atom is 0.337 e. The van der Waals surface area contributed by atoms with E-state index in [1.807, 2.05) is 13.8 Å². The fourth-order valence-electron chi connectivity index (χ4n) is 2.56. The van der Waals surface area contributed by atoms with Gasteiger partial charge in [-0.2, -0.15) is 0 Å². The number of rotatable bonds is 7. The van der Waals surface area contributed by atoms with E-state index in [4.69, 9.17) is 27.9 Å². The molecule has 2 N–H and O–H groups in total. The third-order valence-electron chi connectivity index (χ3n) is 3.95. The summed E-state index contributed by atoms with van der Waals surface area (Å²) in [6.45, 7) is 3.73. The summed E-state index contributed by atoms with van der Waals surface area (Å²) in [4.78, 5) is 11.0. The van der Waals surface area contributed by atoms with Crippen molar-refractivity contribution in [3.05, 3.63) is 57.6 Å². The Bertz CT molecular complexity index is 943. The van der Waals surface area contributed by atoms with Gasteiger partial charge in [0.25, 0.3) is 0 Å². The van der Waals surface area contributed by atoms with Gasteiger partial charge in [-0.1, -0.05) is 49.2 Å². The van der Waals surface area contributed by atoms with Gasteiger partial charge in [-0.3, -0.25) is 0 Å². The third kappa shape index (κ3) is 4.93. The van der Waals surface area contributed by atoms with E-state index < -0.39 is 22.0 Å². The summed E-state index contributed by atoms with van der Waals surface area (Å²) in [6, 6.07) is 8.42. The first-order valence-corrected chi connectivity index (χ1v) is 10.2. The molecule has 9 heteroatoms. The molecule has 0 aliphatic rings. The number of hydrogen-bond acceptors (Lipinski definition) is 4. The van der Waals surface area contributed by atoms with Crippen LogP contribution < -0.4 is 9.46 Å². The van der Waals surface area contributed by atoms with Crippen molar-refractivity contribution in [2.45, 2.75) is 24.8 Å². The lowest BCUT2D eigenvalue weighted by Crippen LogP contribution is -2.32. The molecule has 0 spiro atoms. The van der Waals surface area contributed by atoms with E-state index in [0.717, 1.165) is 11.6 Å². The Hall–Kier alpha value is -1.80. The van der Waals surface area contributed by atoms with Gasteiger partial charge in [0.15, 0.2) is 0 Å². The van der Waals surface area contributed by atoms with E-state index in [0.29, 0.717) is 5.02 Å². The Balaban J connectivity index is 2.52. The number of methoxy groups -OCH3 is 1. The topological polar surface area (TPSA) is 92.7 Å². The lowest BCUT2D eigenvalue weighted by atomic mass is 9.97. The molecule has 0 radical (unpaired) electrons. The van der Waals surface area contributed by atoms with Crippen molar-refractivity contribution in [2.24, 2.45) is 5.92 Å². The SMILES string of the molecule is COc1cc(Cl)c(C(=O)O)cc1S(=O)(=O)NC(c1ccc(Cl)cc1)C(C)C. The van der Waals surface area contributed by atoms with Crippen LogP contribution in [0, 0.1) is 5.92 Å². The molecule has 0 saturated heterocycles. The number of carboxylic acid groups (broad SMARTS) is 1. The van der Waals surface area contributed by atoms with Crippen molar-refractivity contribution in [3.63, 3.8) is 0 Å². The van der Waals surface area contributed by atoms with Gasteiger partial charge in [0.2, 0.25) is 10.0 Å². The van der Waals surface area contributed by atoms with Crippen molar-refractivity contribution in [1.29, 1.82) is 0 Å². The summed E-state index contributed by atoms with van der Waals surface area (Å²) >= 11 is 11.8. The van der Waals surface area contributed by atoms with E-state index >= 15 is 0 Å². The smallest absolute Gasteiger partial charge is 0.337 e. The van der Waals surface area contributed by atoms with E-state index in [1.54, 1.807) is 24.3 Å². The lowest BCUT2D eigenvalue weighted by Gasteiger charge is -2.23. The monoisotopic (exact) mass is 431 g/mol. The number of aromatic carboxylic acids is 1. The number of nitrogens with one attached hydrogen (secondary N) is 1. The molecule has 6 nitrogen and oxygen atoms in total. The van der Waals surface area contributed by atoms with Crippen LogP contribution in [0.3, 0.4) is 0 Å². The number of carboxylic acids is 1. The zero-order valence-electron chi connectivity index (χ0n) is 14.9. The Morgan fingerprint density at radius 1 is 1.15 bits per heavy atom. The molecule has 0 aromatic heterocycles. The first kappa shape index (κ1) is 21.5. The minimum atomic E-state index is -4.11. The summed E-state index contributed by atoms with van der Waals surface area (Å²) in [5.74, 6) is -1.47. The number of hydrogen-bond donors (Lipinski definition) is 2. The molecule has 0 amide bonds. The van der Waals surface area contributed by atoms with Gasteiger partial charge in [0, 0.05) is 17.1 Å². The highest BCUT2D eigenvalue weighted by Gasteiger charge is 2.28. The van der Waals surface area contributed by atoms with Crippen LogP contribution in [0.25, 0.3) is 0 Å². The molecule has 1 atom stereocenters. The van der Waals surface area contributed by atoms with Crippen LogP contribution in [-0.2, 0) is 10.0 Å². The van der Waals surface area contributed by atoms with Gasteiger partial charge in [0.1, 0.15) is 10.6 Å². The van der Waals surface area contributed by atoms with Gasteiger partial charge in [-0.15, -0.1) is 0 Å². The standard InChI is InChI=1S/C18H19Cl2NO5S/c1-10(2)17(11-4-6-12(19)7-5-11)21-27(24,25)16-8-13(18(22)23)14(20)9-15(16)26-3/h4-10,17,21H,1-3H3,(H,22,23). The van der Waals surface area contributed by atoms with Crippen molar-refractivity contribution in [2.75, 3.05) is 7.11 Å². The summed E-state index contributed by atoms with van der Waals surface area (Å²) in [5, 5.41) is 9.66. The van der Waals surface area contributed by atoms with Gasteiger partial charge < -0.3 is 9.84 Å². The minimum Gasteiger partial charge on any atom is -0.495 e. The third-order valence-corrected chi connectivity index (χ3v) is 5.98. The molecule has 0 bridgehead atoms. The van der Waals surface area contributed by atoms with Crippen LogP contribution >= 0.6 is 23.2 Å². The van der Waals surface area contributed by atoms with Gasteiger partial charge in [-0.25, -0.2) is 17.9 Å². The van der Waals surface area contributed by atoms with E-state index in [2.05, 4.69) is 4.72 Å². The van der Waals surface area contributed by atoms with E-state index in [1.165, 1.54) is 13.2 Å². The second-order valence-corrected chi connectivity index (χ2v) is 8.71. The average molecular weight is 432 g/mol. The van der Waals surface area contributed by atoms with Crippen molar-refractivity contribution in [3.8, 4) is 5.75 Å². The molecule has 2 rings (SSSR count). The molecular weight excluding hydrogens is 413 g/mol. The lowest BCUT2D eigenvalue weighted by molar-refractivity contribution is 0.0696. The van der Waals surface area contributed by atoms with Crippen LogP contribution in [0.4, 0.5) is 0 Å². The summed E-state index contributed by atoms with van der Waals surface area (Å²) in [5.41, 5.74) is 0.398. The fraction of sp³-hybridized carbons (Fsp3) is 0.278. The van der Waals surface area contributed by atoms with Gasteiger partial charge >= 0.3 is 5.97 Å². The molecule has 0 fully saturated rings. The Kier molecular flexibility index (Phi) is 6.75. The van der Waals surface area contributed by atoms with Crippen LogP contribution in [0.2, 0.25) is 10.0 Å². The Morgan fingerprint density at radius 2 is 1.74 bits per heavy atom. The zero-order valence-corrected chi connectivity index (χ0v) is 17.2. The van der Waals surface area contributed by atoms with Crippen molar-refractivity contribution < 1.29 is 23.1 Å². The number of ether oxygens (including phenoxy) is 1. The number of halogens is 2. The van der Waals surface area contributed by atoms with Crippen LogP contribution in [0.5, 0.6) is 5.75 Å². The molecular formula is C18H19Cl2NO5S. The average Bonchev–Trinajstić information content (AvgIpc) is 2.59. The van der Waals surface area contributed by atoms with E-state index in [-0.39, 0.29) is 27.1 Å². The molecule has 0 heterocycles. The second-order valence-electron chi connectivity index (χ2n) is 6.18. The predicted molar refractivity (Wildman–Crippen MR) is 104 cm³/mol. The van der Waals surface area contributed by atoms with E-state index in [9.17, 15) is 18.3 Å². The normalized spacial score (nSPS) is 12.8. The second kappa shape index (κ2) is 8.48. The van der Waals surface area contributed by atoms with Crippen molar-refractivity contribution in [1.82, 2.24) is 4.72 Å². The quantitative estimate of drug-likeness (QED) is 0.678. The van der Waals surface area contributed by atoms with Crippen LogP contribution in [-0.4, -0.2) is 26.6 Å². The maximum absolute atomic E-state index is 13.0. The molecule has 2 aromatic rings. The highest BCUT2D eigenvalue weighted by Crippen LogP contribution is 2.33. The zero-order chi connectivity index (χ0) is 20.4. The fourth-order valence-corrected chi connectivity index (χ4v) is 4.47. The summed E-state index contributed by atoms with van der Waals surface area (Å²) in [7, 11) is -2.83. The number of sulfonamides is 1. The number of carbonyl (C=O) groups is 1. The molecule has 0 saturated carbocycles. The molecule has 2 aromatic carbocycles. The van der Waals surface area contributed by atoms with Crippen LogP contribution in [0.15, 0.2) is 41.3 Å². The largest absolute Gasteiger partial charge is 0.495 e. The van der Waals surface area contributed by atoms with Gasteiger partial charge in [0.05, 0.1) is 17.7 Å². The van der Waals surface area contributed by atoms with Crippen LogP contribution in [0.1, 0.15) is 35.8 Å². The first-order chi connectivity index (χ1) is 12.6. The Labute approximate surface area is 168 Å². The highest BCUT2D eigenvalue weighted by molar-refractivity contribution is 7.89. The summed E-state index contributed by atoms with van der Waals surface area (Å²) < 4.78 is 33.7. The molecule has 1 unspecified atom stereocenters. The molecule has 0 aliphatic heterocycles. The highest BCUT2D eigenvalue weighted by atomic mass is 35.5. The molecule has 27 heavy (non-hydrogen) atoms. The minimum absolute atomic E-state index is 0.0453. The first-order valence-electron chi connectivity index (χ1n) is 7.95. The van der Waals surface area contributed by atoms with Crippen molar-refractivity contribution >= 4 is 39.2 Å².